The minimum absolute atomic E-state index is 0.00153. The second-order valence-electron chi connectivity index (χ2n) is 22.2. The zero-order valence-corrected chi connectivity index (χ0v) is 48.5. The Morgan fingerprint density at radius 3 is 1.42 bits per heavy atom. The van der Waals surface area contributed by atoms with E-state index in [0.29, 0.717) is 98.0 Å². The van der Waals surface area contributed by atoms with E-state index in [1.807, 2.05) is 54.0 Å². The monoisotopic (exact) mass is 1150 g/mol. The minimum Gasteiger partial charge on any atom is -0.489 e. The van der Waals surface area contributed by atoms with Crippen LogP contribution in [0.4, 0.5) is 21.0 Å². The van der Waals surface area contributed by atoms with Crippen molar-refractivity contribution in [3.63, 3.8) is 0 Å². The maximum absolute atomic E-state index is 14.0. The molecule has 0 aliphatic carbocycles. The molecule has 6 aliphatic rings. The molecule has 0 aromatic heterocycles. The van der Waals surface area contributed by atoms with Gasteiger partial charge in [-0.15, -0.1) is 0 Å². The fraction of sp³-hybridized carbons (Fsp3) is 0.477. The number of carbonyl (C=O) groups excluding carboxylic acids is 5. The van der Waals surface area contributed by atoms with Gasteiger partial charge in [-0.2, -0.15) is 0 Å². The van der Waals surface area contributed by atoms with Crippen LogP contribution in [-0.2, 0) is 64.1 Å². The van der Waals surface area contributed by atoms with E-state index in [9.17, 15) is 28.8 Å². The number of hydrogen-bond donors (Lipinski definition) is 1. The van der Waals surface area contributed by atoms with E-state index < -0.39 is 43.2 Å². The van der Waals surface area contributed by atoms with Gasteiger partial charge < -0.3 is 52.8 Å². The molecule has 0 spiro atoms. The van der Waals surface area contributed by atoms with Crippen molar-refractivity contribution in [1.82, 2.24) is 9.80 Å². The lowest BCUT2D eigenvalue weighted by Gasteiger charge is -2.42. The van der Waals surface area contributed by atoms with E-state index in [0.717, 1.165) is 79.2 Å². The number of nitrogens with zero attached hydrogens (tertiary/aromatic N) is 4. The molecular weight excluding hydrogens is 1080 g/mol. The fourth-order valence-corrected chi connectivity index (χ4v) is 11.8. The quantitative estimate of drug-likeness (QED) is 0.0919. The van der Waals surface area contributed by atoms with Crippen LogP contribution < -0.4 is 19.3 Å². The van der Waals surface area contributed by atoms with Crippen molar-refractivity contribution in [3.8, 4) is 11.5 Å². The molecule has 4 aromatic carbocycles. The first-order chi connectivity index (χ1) is 40.7. The van der Waals surface area contributed by atoms with E-state index in [-0.39, 0.29) is 62.5 Å². The zero-order valence-electron chi connectivity index (χ0n) is 48.5. The van der Waals surface area contributed by atoms with E-state index >= 15 is 0 Å². The third kappa shape index (κ3) is 14.8. The number of Topliss-reactive ketones (excluding diaryl/α,β-unsaturated/α-hetero) is 1. The molecule has 4 aromatic rings. The van der Waals surface area contributed by atoms with Crippen LogP contribution in [-0.4, -0.2) is 127 Å². The predicted octanol–water partition coefficient (Wildman–Crippen LogP) is 10.9. The van der Waals surface area contributed by atoms with E-state index in [4.69, 9.17) is 43.0 Å². The number of anilines is 2. The Kier molecular flexibility index (Phi) is 20.9. The maximum Gasteiger partial charge on any atom is 0.416 e. The van der Waals surface area contributed by atoms with Crippen LogP contribution in [0.15, 0.2) is 98.1 Å². The van der Waals surface area contributed by atoms with Gasteiger partial charge in [0.25, 0.3) is 11.8 Å². The number of ether oxygens (including phenoxy) is 8. The van der Waals surface area contributed by atoms with Gasteiger partial charge in [-0.25, -0.2) is 19.4 Å². The summed E-state index contributed by atoms with van der Waals surface area (Å²) in [5.74, 6) is -0.0999. The summed E-state index contributed by atoms with van der Waals surface area (Å²) >= 11 is 0. The van der Waals surface area contributed by atoms with Gasteiger partial charge in [0.2, 0.25) is 0 Å². The van der Waals surface area contributed by atoms with E-state index in [1.54, 1.807) is 49.4 Å². The third-order valence-electron chi connectivity index (χ3n) is 15.8. The summed E-state index contributed by atoms with van der Waals surface area (Å²) in [6.07, 6.45) is 9.60. The summed E-state index contributed by atoms with van der Waals surface area (Å²) in [5, 5.41) is 9.16. The van der Waals surface area contributed by atoms with Crippen molar-refractivity contribution in [2.75, 3.05) is 49.3 Å². The number of amides is 4. The fourth-order valence-electron chi connectivity index (χ4n) is 11.8. The van der Waals surface area contributed by atoms with Gasteiger partial charge in [-0.3, -0.25) is 19.2 Å². The molecule has 10 rings (SSSR count). The molecule has 4 fully saturated rings. The van der Waals surface area contributed by atoms with Crippen molar-refractivity contribution in [2.45, 2.75) is 161 Å². The van der Waals surface area contributed by atoms with Gasteiger partial charge in [-0.05, 0) is 143 Å². The topological polar surface area (TPSA) is 209 Å². The molecule has 4 saturated heterocycles. The number of hydrogen-bond acceptors (Lipinski definition) is 14. The summed E-state index contributed by atoms with van der Waals surface area (Å²) in [6.45, 7) is 15.4. The predicted molar refractivity (Wildman–Crippen MR) is 312 cm³/mol. The van der Waals surface area contributed by atoms with Gasteiger partial charge >= 0.3 is 18.2 Å². The largest absolute Gasteiger partial charge is 0.489 e. The highest BCUT2D eigenvalue weighted by Crippen LogP contribution is 2.42. The Bertz CT molecular complexity index is 2840. The first kappa shape index (κ1) is 61.0. The van der Waals surface area contributed by atoms with Crippen LogP contribution in [0.5, 0.6) is 11.5 Å². The van der Waals surface area contributed by atoms with Crippen LogP contribution in [0.3, 0.4) is 0 Å². The highest BCUT2D eigenvalue weighted by Gasteiger charge is 2.48. The van der Waals surface area contributed by atoms with Crippen LogP contribution in [0.2, 0.25) is 0 Å². The number of carboxylic acid groups (broad SMARTS) is 1. The molecule has 6 aliphatic heterocycles. The molecular formula is C65H78N4O15. The zero-order chi connectivity index (χ0) is 59.3. The molecule has 19 nitrogen and oxygen atoms in total. The lowest BCUT2D eigenvalue weighted by Crippen LogP contribution is -2.57. The second-order valence-corrected chi connectivity index (χ2v) is 22.2. The molecule has 6 heterocycles. The van der Waals surface area contributed by atoms with E-state index in [2.05, 4.69) is 13.2 Å². The lowest BCUT2D eigenvalue weighted by atomic mass is 10.00. The number of rotatable bonds is 18. The van der Waals surface area contributed by atoms with Crippen molar-refractivity contribution in [1.29, 1.82) is 0 Å². The SMILES string of the molecule is C=CCOC(=O)N1c2cc(OCc3cccc(CC(=O)O)c3)c(C)cc2C(=O)N2CCCC[C@H]2C1OC1CCCCO1.C=CCOC(=O)N1c2cc(OCc3cccc(CC(C)=O)c3)c(C)cc2C(=O)N2CCCC[C@H]2C1OC1CCCCO1. The number of piperidine rings is 2. The van der Waals surface area contributed by atoms with Crippen LogP contribution >= 0.6 is 0 Å². The number of aryl methyl sites for hydroxylation is 2. The van der Waals surface area contributed by atoms with Crippen LogP contribution in [0.25, 0.3) is 0 Å². The van der Waals surface area contributed by atoms with Gasteiger partial charge in [0.1, 0.15) is 43.7 Å². The summed E-state index contributed by atoms with van der Waals surface area (Å²) in [5.41, 5.74) is 6.32. The molecule has 0 saturated carbocycles. The summed E-state index contributed by atoms with van der Waals surface area (Å²) in [6, 6.07) is 21.2. The van der Waals surface area contributed by atoms with Crippen molar-refractivity contribution >= 4 is 47.1 Å². The molecule has 0 radical (unpaired) electrons. The van der Waals surface area contributed by atoms with Crippen LogP contribution in [0.1, 0.15) is 138 Å². The van der Waals surface area contributed by atoms with Gasteiger partial charge in [0.05, 0.1) is 41.0 Å². The molecule has 84 heavy (non-hydrogen) atoms. The molecule has 0 bridgehead atoms. The smallest absolute Gasteiger partial charge is 0.416 e. The summed E-state index contributed by atoms with van der Waals surface area (Å²) in [7, 11) is 0. The highest BCUT2D eigenvalue weighted by molar-refractivity contribution is 6.06. The first-order valence-corrected chi connectivity index (χ1v) is 29.4. The number of carboxylic acids is 1. The molecule has 6 atom stereocenters. The van der Waals surface area contributed by atoms with Crippen molar-refractivity contribution in [3.05, 3.63) is 143 Å². The lowest BCUT2D eigenvalue weighted by molar-refractivity contribution is -0.199. The summed E-state index contributed by atoms with van der Waals surface area (Å²) < 4.78 is 48.5. The molecule has 448 valence electrons. The van der Waals surface area contributed by atoms with Crippen molar-refractivity contribution in [2.24, 2.45) is 0 Å². The highest BCUT2D eigenvalue weighted by atomic mass is 16.7. The Hall–Kier alpha value is -7.58. The van der Waals surface area contributed by atoms with E-state index in [1.165, 1.54) is 22.0 Å². The molecule has 4 unspecified atom stereocenters. The summed E-state index contributed by atoms with van der Waals surface area (Å²) in [4.78, 5) is 84.9. The van der Waals surface area contributed by atoms with Gasteiger partial charge in [0, 0.05) is 44.9 Å². The maximum atomic E-state index is 14.0. The number of carbonyl (C=O) groups is 6. The second kappa shape index (κ2) is 28.8. The van der Waals surface area contributed by atoms with Crippen LogP contribution in [0, 0.1) is 13.8 Å². The average molecular weight is 1160 g/mol. The van der Waals surface area contributed by atoms with Gasteiger partial charge in [-0.1, -0.05) is 73.8 Å². The first-order valence-electron chi connectivity index (χ1n) is 29.4. The Balaban J connectivity index is 0.000000202. The number of fused-ring (bicyclic) bond motifs is 4. The van der Waals surface area contributed by atoms with Gasteiger partial charge in [0.15, 0.2) is 25.0 Å². The standard InChI is InChI=1S/C33H40N2O7.C32H38N2O8/c1-4-15-40-33(38)35-28-20-29(41-21-25-11-9-10-24(19-25)18-23(3)36)22(2)17-26(28)31(37)34-14-7-5-12-27(34)32(35)42-30-13-6-8-16-39-30;1-3-14-40-32(38)34-26-19-27(41-20-23-10-8-9-22(17-23)18-28(35)36)21(2)16-24(26)30(37)33-13-6-4-11-25(33)31(34)42-29-12-5-7-15-39-29/h4,9-11,17,19-20,27,30,32H,1,5-8,12-16,18,21H2,2-3H3;3,8-10,16-17,19,25,29,31H,1,4-7,11-15,18,20H2,2H3,(H,35,36)/t27-,30?,32?;25-,29?,31?/m00/s1. The number of ketones is 1. The Labute approximate surface area is 491 Å². The molecule has 1 N–H and O–H groups in total. The Morgan fingerprint density at radius 1 is 0.583 bits per heavy atom. The Morgan fingerprint density at radius 2 is 1.01 bits per heavy atom. The average Bonchev–Trinajstić information content (AvgIpc) is 1.84. The molecule has 4 amide bonds. The third-order valence-corrected chi connectivity index (χ3v) is 15.8. The molecule has 19 heteroatoms. The minimum atomic E-state index is -0.908. The normalized spacial score (nSPS) is 22.0. The van der Waals surface area contributed by atoms with Crippen molar-refractivity contribution < 1.29 is 71.8 Å². The number of aliphatic carboxylic acids is 1. The number of benzene rings is 4.